The van der Waals surface area contributed by atoms with Crippen molar-refractivity contribution in [2.75, 3.05) is 6.54 Å². The molecule has 3 rings (SSSR count). The molecule has 3 atom stereocenters. The number of rotatable bonds is 8. The summed E-state index contributed by atoms with van der Waals surface area (Å²) in [5.74, 6) is -0.440. The molecule has 6 nitrogen and oxygen atoms in total. The van der Waals surface area contributed by atoms with Crippen LogP contribution in [0.1, 0.15) is 68.7 Å². The molecule has 0 spiro atoms. The van der Waals surface area contributed by atoms with E-state index in [4.69, 9.17) is 0 Å². The van der Waals surface area contributed by atoms with Crippen LogP contribution < -0.4 is 16.0 Å². The SMILES string of the molecule is CC(=O)NCC(=O)NC1CCCC1C(=O)NC(c1ccccc1)c1ccc(C(C)C)cc1. The van der Waals surface area contributed by atoms with Crippen molar-refractivity contribution in [1.29, 1.82) is 0 Å². The van der Waals surface area contributed by atoms with E-state index in [1.54, 1.807) is 0 Å². The first-order chi connectivity index (χ1) is 15.3. The molecule has 0 saturated heterocycles. The topological polar surface area (TPSA) is 87.3 Å². The zero-order chi connectivity index (χ0) is 23.1. The smallest absolute Gasteiger partial charge is 0.239 e. The van der Waals surface area contributed by atoms with Crippen molar-refractivity contribution in [3.8, 4) is 0 Å². The van der Waals surface area contributed by atoms with Crippen LogP contribution in [0.4, 0.5) is 0 Å². The predicted molar refractivity (Wildman–Crippen MR) is 125 cm³/mol. The number of carbonyl (C=O) groups excluding carboxylic acids is 3. The maximum absolute atomic E-state index is 13.3. The zero-order valence-electron chi connectivity index (χ0n) is 19.1. The summed E-state index contributed by atoms with van der Waals surface area (Å²) in [6.45, 7) is 5.61. The molecule has 32 heavy (non-hydrogen) atoms. The van der Waals surface area contributed by atoms with Crippen molar-refractivity contribution < 1.29 is 14.4 Å². The molecule has 3 amide bonds. The number of amides is 3. The molecule has 2 aromatic carbocycles. The lowest BCUT2D eigenvalue weighted by Gasteiger charge is -2.25. The number of carbonyl (C=O) groups is 3. The first-order valence-electron chi connectivity index (χ1n) is 11.3. The minimum Gasteiger partial charge on any atom is -0.351 e. The standard InChI is InChI=1S/C26H33N3O3/c1-17(2)19-12-14-21(15-13-19)25(20-8-5-4-6-9-20)29-26(32)22-10-7-11-23(22)28-24(31)16-27-18(3)30/h4-6,8-9,12-15,17,22-23,25H,7,10-11,16H2,1-3H3,(H,27,30)(H,28,31)(H,29,32). The molecular weight excluding hydrogens is 402 g/mol. The lowest BCUT2D eigenvalue weighted by molar-refractivity contribution is -0.128. The summed E-state index contributed by atoms with van der Waals surface area (Å²) in [4.78, 5) is 36.5. The molecule has 0 heterocycles. The van der Waals surface area contributed by atoms with E-state index >= 15 is 0 Å². The van der Waals surface area contributed by atoms with Crippen LogP contribution in [0.15, 0.2) is 54.6 Å². The number of benzene rings is 2. The van der Waals surface area contributed by atoms with E-state index < -0.39 is 0 Å². The van der Waals surface area contributed by atoms with E-state index in [1.807, 2.05) is 30.3 Å². The van der Waals surface area contributed by atoms with E-state index in [1.165, 1.54) is 12.5 Å². The predicted octanol–water partition coefficient (Wildman–Crippen LogP) is 3.44. The molecule has 0 aromatic heterocycles. The third-order valence-electron chi connectivity index (χ3n) is 6.05. The monoisotopic (exact) mass is 435 g/mol. The first-order valence-corrected chi connectivity index (χ1v) is 11.3. The Morgan fingerprint density at radius 2 is 1.53 bits per heavy atom. The molecule has 2 aromatic rings. The highest BCUT2D eigenvalue weighted by Gasteiger charge is 2.35. The summed E-state index contributed by atoms with van der Waals surface area (Å²) in [7, 11) is 0. The largest absolute Gasteiger partial charge is 0.351 e. The Morgan fingerprint density at radius 1 is 0.906 bits per heavy atom. The van der Waals surface area contributed by atoms with Gasteiger partial charge in [0, 0.05) is 13.0 Å². The molecule has 0 radical (unpaired) electrons. The summed E-state index contributed by atoms with van der Waals surface area (Å²) in [6, 6.07) is 17.8. The fraction of sp³-hybridized carbons (Fsp3) is 0.423. The summed E-state index contributed by atoms with van der Waals surface area (Å²) < 4.78 is 0. The normalized spacial score (nSPS) is 18.8. The Kier molecular flexibility index (Phi) is 8.03. The molecule has 0 bridgehead atoms. The maximum Gasteiger partial charge on any atom is 0.239 e. The van der Waals surface area contributed by atoms with Crippen LogP contribution in [-0.4, -0.2) is 30.3 Å². The Morgan fingerprint density at radius 3 is 2.16 bits per heavy atom. The van der Waals surface area contributed by atoms with Crippen molar-refractivity contribution >= 4 is 17.7 Å². The second-order valence-electron chi connectivity index (χ2n) is 8.79. The minimum atomic E-state index is -0.294. The van der Waals surface area contributed by atoms with Gasteiger partial charge in [0.2, 0.25) is 17.7 Å². The van der Waals surface area contributed by atoms with Gasteiger partial charge in [0.25, 0.3) is 0 Å². The molecule has 1 saturated carbocycles. The van der Waals surface area contributed by atoms with Crippen LogP contribution in [0.2, 0.25) is 0 Å². The van der Waals surface area contributed by atoms with Gasteiger partial charge in [-0.25, -0.2) is 0 Å². The van der Waals surface area contributed by atoms with Gasteiger partial charge in [0.05, 0.1) is 18.5 Å². The van der Waals surface area contributed by atoms with E-state index in [2.05, 4.69) is 54.1 Å². The fourth-order valence-electron chi connectivity index (χ4n) is 4.24. The Balaban J connectivity index is 1.74. The van der Waals surface area contributed by atoms with Gasteiger partial charge in [-0.05, 0) is 35.4 Å². The molecule has 1 aliphatic carbocycles. The average molecular weight is 436 g/mol. The van der Waals surface area contributed by atoms with Crippen LogP contribution in [0.25, 0.3) is 0 Å². The summed E-state index contributed by atoms with van der Waals surface area (Å²) >= 11 is 0. The third kappa shape index (κ3) is 6.19. The van der Waals surface area contributed by atoms with E-state index in [-0.39, 0.29) is 42.3 Å². The zero-order valence-corrected chi connectivity index (χ0v) is 19.1. The number of hydrogen-bond donors (Lipinski definition) is 3. The van der Waals surface area contributed by atoms with Crippen LogP contribution in [0.3, 0.4) is 0 Å². The molecule has 1 aliphatic rings. The highest BCUT2D eigenvalue weighted by molar-refractivity contribution is 5.85. The summed E-state index contributed by atoms with van der Waals surface area (Å²) in [6.07, 6.45) is 2.36. The quantitative estimate of drug-likeness (QED) is 0.594. The second-order valence-corrected chi connectivity index (χ2v) is 8.79. The van der Waals surface area contributed by atoms with Gasteiger partial charge in [0.1, 0.15) is 0 Å². The maximum atomic E-state index is 13.3. The van der Waals surface area contributed by atoms with Gasteiger partial charge in [-0.15, -0.1) is 0 Å². The summed E-state index contributed by atoms with van der Waals surface area (Å²) in [5.41, 5.74) is 3.30. The van der Waals surface area contributed by atoms with E-state index in [0.29, 0.717) is 5.92 Å². The van der Waals surface area contributed by atoms with E-state index in [9.17, 15) is 14.4 Å². The van der Waals surface area contributed by atoms with Crippen molar-refractivity contribution in [2.45, 2.75) is 58.0 Å². The van der Waals surface area contributed by atoms with Crippen LogP contribution in [0, 0.1) is 5.92 Å². The Bertz CT molecular complexity index is 925. The Hall–Kier alpha value is -3.15. The van der Waals surface area contributed by atoms with Crippen molar-refractivity contribution in [1.82, 2.24) is 16.0 Å². The molecule has 0 aliphatic heterocycles. The van der Waals surface area contributed by atoms with Crippen molar-refractivity contribution in [2.24, 2.45) is 5.92 Å². The third-order valence-corrected chi connectivity index (χ3v) is 6.05. The van der Waals surface area contributed by atoms with Crippen molar-refractivity contribution in [3.63, 3.8) is 0 Å². The lowest BCUT2D eigenvalue weighted by atomic mass is 9.94. The van der Waals surface area contributed by atoms with Gasteiger partial charge in [0.15, 0.2) is 0 Å². The minimum absolute atomic E-state index is 0.0610. The lowest BCUT2D eigenvalue weighted by Crippen LogP contribution is -2.47. The summed E-state index contributed by atoms with van der Waals surface area (Å²) in [5, 5.41) is 8.66. The number of nitrogens with one attached hydrogen (secondary N) is 3. The van der Waals surface area contributed by atoms with Gasteiger partial charge in [-0.2, -0.15) is 0 Å². The first kappa shape index (κ1) is 23.5. The van der Waals surface area contributed by atoms with Gasteiger partial charge in [-0.3, -0.25) is 14.4 Å². The second kappa shape index (κ2) is 10.9. The highest BCUT2D eigenvalue weighted by Crippen LogP contribution is 2.29. The van der Waals surface area contributed by atoms with Crippen LogP contribution in [0.5, 0.6) is 0 Å². The molecule has 1 fully saturated rings. The molecule has 170 valence electrons. The molecular formula is C26H33N3O3. The van der Waals surface area contributed by atoms with Crippen molar-refractivity contribution in [3.05, 3.63) is 71.3 Å². The number of hydrogen-bond acceptors (Lipinski definition) is 3. The van der Waals surface area contributed by atoms with Gasteiger partial charge < -0.3 is 16.0 Å². The van der Waals surface area contributed by atoms with Gasteiger partial charge in [-0.1, -0.05) is 74.9 Å². The van der Waals surface area contributed by atoms with Crippen LogP contribution >= 0.6 is 0 Å². The average Bonchev–Trinajstić information content (AvgIpc) is 3.24. The molecule has 6 heteroatoms. The Labute approximate surface area is 190 Å². The fourth-order valence-corrected chi connectivity index (χ4v) is 4.24. The highest BCUT2D eigenvalue weighted by atomic mass is 16.2. The van der Waals surface area contributed by atoms with E-state index in [0.717, 1.165) is 30.4 Å². The molecule has 3 unspecified atom stereocenters. The van der Waals surface area contributed by atoms with Crippen LogP contribution in [-0.2, 0) is 14.4 Å². The van der Waals surface area contributed by atoms with Gasteiger partial charge >= 0.3 is 0 Å². The molecule has 3 N–H and O–H groups in total.